The Balaban J connectivity index is 1.68. The molecule has 4 nitrogen and oxygen atoms in total. The van der Waals surface area contributed by atoms with E-state index in [1.165, 1.54) is 11.1 Å². The highest BCUT2D eigenvalue weighted by atomic mass is 16.3. The van der Waals surface area contributed by atoms with Gasteiger partial charge in [0.05, 0.1) is 6.61 Å². The van der Waals surface area contributed by atoms with Gasteiger partial charge >= 0.3 is 0 Å². The lowest BCUT2D eigenvalue weighted by Crippen LogP contribution is -2.33. The van der Waals surface area contributed by atoms with Crippen molar-refractivity contribution in [2.75, 3.05) is 13.1 Å². The number of nitrogens with zero attached hydrogens (tertiary/aromatic N) is 1. The zero-order chi connectivity index (χ0) is 15.6. The summed E-state index contributed by atoms with van der Waals surface area (Å²) in [5.41, 5.74) is 9.26. The van der Waals surface area contributed by atoms with Crippen LogP contribution in [0.5, 0.6) is 0 Å². The highest BCUT2D eigenvalue weighted by Gasteiger charge is 1.96. The average molecular weight is 297 g/mol. The van der Waals surface area contributed by atoms with Crippen molar-refractivity contribution < 1.29 is 5.11 Å². The van der Waals surface area contributed by atoms with Crippen LogP contribution in [0.15, 0.2) is 59.6 Å². The summed E-state index contributed by atoms with van der Waals surface area (Å²) in [6, 6.07) is 18.2. The molecule has 0 atom stereocenters. The molecule has 22 heavy (non-hydrogen) atoms. The predicted octanol–water partition coefficient (Wildman–Crippen LogP) is 1.87. The third-order valence-electron chi connectivity index (χ3n) is 3.45. The molecule has 0 fully saturated rings. The first-order chi connectivity index (χ1) is 10.8. The van der Waals surface area contributed by atoms with Crippen molar-refractivity contribution in [2.24, 2.45) is 10.7 Å². The monoisotopic (exact) mass is 297 g/mol. The van der Waals surface area contributed by atoms with Gasteiger partial charge in [0.15, 0.2) is 5.96 Å². The second-order valence-corrected chi connectivity index (χ2v) is 5.15. The number of benzene rings is 2. The van der Waals surface area contributed by atoms with E-state index in [9.17, 15) is 0 Å². The van der Waals surface area contributed by atoms with Crippen LogP contribution in [-0.4, -0.2) is 24.2 Å². The van der Waals surface area contributed by atoms with Crippen LogP contribution in [0.25, 0.3) is 0 Å². The second kappa shape index (κ2) is 8.85. The lowest BCUT2D eigenvalue weighted by molar-refractivity contribution is 0.282. The van der Waals surface area contributed by atoms with E-state index in [-0.39, 0.29) is 6.61 Å². The fourth-order valence-corrected chi connectivity index (χ4v) is 2.15. The van der Waals surface area contributed by atoms with Crippen LogP contribution < -0.4 is 11.1 Å². The number of nitrogens with one attached hydrogen (secondary N) is 1. The third kappa shape index (κ3) is 5.58. The molecular weight excluding hydrogens is 274 g/mol. The minimum absolute atomic E-state index is 0.0801. The number of hydrogen-bond donors (Lipinski definition) is 3. The molecule has 0 radical (unpaired) electrons. The number of aliphatic hydroxyl groups is 1. The summed E-state index contributed by atoms with van der Waals surface area (Å²) in [7, 11) is 0. The number of aliphatic hydroxyl groups excluding tert-OH is 1. The molecule has 0 aliphatic carbocycles. The Labute approximate surface area is 131 Å². The molecule has 0 aliphatic heterocycles. The standard InChI is InChI=1S/C18H23N3O/c19-18(20-12-10-15-4-2-1-3-5-15)21-13-11-16-6-8-17(14-22)9-7-16/h1-9,22H,10-14H2,(H3,19,20,21). The number of nitrogens with two attached hydrogens (primary N) is 1. The molecule has 2 aromatic rings. The zero-order valence-corrected chi connectivity index (χ0v) is 12.7. The molecule has 0 aliphatic rings. The molecule has 0 unspecified atom stereocenters. The minimum atomic E-state index is 0.0801. The van der Waals surface area contributed by atoms with Crippen molar-refractivity contribution in [3.05, 3.63) is 71.3 Å². The number of guanidine groups is 1. The molecular formula is C18H23N3O. The van der Waals surface area contributed by atoms with Gasteiger partial charge in [0.2, 0.25) is 0 Å². The smallest absolute Gasteiger partial charge is 0.188 e. The first-order valence-corrected chi connectivity index (χ1v) is 7.54. The van der Waals surface area contributed by atoms with E-state index >= 15 is 0 Å². The van der Waals surface area contributed by atoms with Crippen LogP contribution in [0, 0.1) is 0 Å². The van der Waals surface area contributed by atoms with Crippen molar-refractivity contribution in [3.63, 3.8) is 0 Å². The normalized spacial score (nSPS) is 11.4. The highest BCUT2D eigenvalue weighted by Crippen LogP contribution is 2.05. The van der Waals surface area contributed by atoms with Gasteiger partial charge in [-0.1, -0.05) is 54.6 Å². The summed E-state index contributed by atoms with van der Waals surface area (Å²) in [4.78, 5) is 4.33. The highest BCUT2D eigenvalue weighted by molar-refractivity contribution is 5.77. The number of aliphatic imine (C=N–C) groups is 1. The van der Waals surface area contributed by atoms with Crippen molar-refractivity contribution in [2.45, 2.75) is 19.4 Å². The molecule has 0 saturated heterocycles. The van der Waals surface area contributed by atoms with Crippen LogP contribution in [0.1, 0.15) is 16.7 Å². The fraction of sp³-hybridized carbons (Fsp3) is 0.278. The van der Waals surface area contributed by atoms with E-state index < -0.39 is 0 Å². The Morgan fingerprint density at radius 3 is 2.23 bits per heavy atom. The summed E-state index contributed by atoms with van der Waals surface area (Å²) >= 11 is 0. The molecule has 0 heterocycles. The first kappa shape index (κ1) is 16.0. The molecule has 2 aromatic carbocycles. The van der Waals surface area contributed by atoms with Gasteiger partial charge in [0.1, 0.15) is 0 Å². The molecule has 2 rings (SSSR count). The quantitative estimate of drug-likeness (QED) is 0.540. The van der Waals surface area contributed by atoms with Crippen LogP contribution in [0.3, 0.4) is 0 Å². The maximum atomic E-state index is 9.00. The van der Waals surface area contributed by atoms with E-state index in [0.29, 0.717) is 12.5 Å². The lowest BCUT2D eigenvalue weighted by atomic mass is 10.1. The Morgan fingerprint density at radius 2 is 1.55 bits per heavy atom. The van der Waals surface area contributed by atoms with Crippen molar-refractivity contribution in [1.82, 2.24) is 5.32 Å². The first-order valence-electron chi connectivity index (χ1n) is 7.54. The van der Waals surface area contributed by atoms with Crippen molar-refractivity contribution in [1.29, 1.82) is 0 Å². The maximum absolute atomic E-state index is 9.00. The van der Waals surface area contributed by atoms with Crippen molar-refractivity contribution in [3.8, 4) is 0 Å². The van der Waals surface area contributed by atoms with Crippen LogP contribution in [-0.2, 0) is 19.4 Å². The Hall–Kier alpha value is -2.33. The predicted molar refractivity (Wildman–Crippen MR) is 90.7 cm³/mol. The summed E-state index contributed by atoms with van der Waals surface area (Å²) < 4.78 is 0. The van der Waals surface area contributed by atoms with E-state index in [1.54, 1.807) is 0 Å². The second-order valence-electron chi connectivity index (χ2n) is 5.15. The van der Waals surface area contributed by atoms with Gasteiger partial charge < -0.3 is 16.2 Å². The molecule has 0 spiro atoms. The van der Waals surface area contributed by atoms with Gasteiger partial charge in [0.25, 0.3) is 0 Å². The lowest BCUT2D eigenvalue weighted by Gasteiger charge is -2.06. The summed E-state index contributed by atoms with van der Waals surface area (Å²) in [6.07, 6.45) is 1.77. The molecule has 116 valence electrons. The molecule has 4 heteroatoms. The van der Waals surface area contributed by atoms with Gasteiger partial charge in [-0.25, -0.2) is 0 Å². The number of hydrogen-bond acceptors (Lipinski definition) is 2. The topological polar surface area (TPSA) is 70.6 Å². The third-order valence-corrected chi connectivity index (χ3v) is 3.45. The summed E-state index contributed by atoms with van der Waals surface area (Å²) in [6.45, 7) is 1.52. The van der Waals surface area contributed by atoms with Gasteiger partial charge in [0, 0.05) is 13.1 Å². The Bertz CT molecular complexity index is 579. The van der Waals surface area contributed by atoms with Gasteiger partial charge in [-0.2, -0.15) is 0 Å². The number of rotatable bonds is 7. The Kier molecular flexibility index (Phi) is 6.45. The van der Waals surface area contributed by atoms with Gasteiger partial charge in [-0.3, -0.25) is 4.99 Å². The van der Waals surface area contributed by atoms with Gasteiger partial charge in [-0.15, -0.1) is 0 Å². The molecule has 0 amide bonds. The minimum Gasteiger partial charge on any atom is -0.392 e. The SMILES string of the molecule is NC(=NCCc1ccc(CO)cc1)NCCc1ccccc1. The summed E-state index contributed by atoms with van der Waals surface area (Å²) in [5, 5.41) is 12.1. The molecule has 0 saturated carbocycles. The van der Waals surface area contributed by atoms with E-state index in [1.807, 2.05) is 42.5 Å². The molecule has 4 N–H and O–H groups in total. The maximum Gasteiger partial charge on any atom is 0.188 e. The Morgan fingerprint density at radius 1 is 0.909 bits per heavy atom. The summed E-state index contributed by atoms with van der Waals surface area (Å²) in [5.74, 6) is 0.489. The van der Waals surface area contributed by atoms with E-state index in [0.717, 1.165) is 24.9 Å². The fourth-order valence-electron chi connectivity index (χ4n) is 2.15. The largest absolute Gasteiger partial charge is 0.392 e. The van der Waals surface area contributed by atoms with Crippen LogP contribution in [0.2, 0.25) is 0 Å². The zero-order valence-electron chi connectivity index (χ0n) is 12.7. The van der Waals surface area contributed by atoms with Crippen LogP contribution in [0.4, 0.5) is 0 Å². The van der Waals surface area contributed by atoms with Gasteiger partial charge in [-0.05, 0) is 29.5 Å². The average Bonchev–Trinajstić information content (AvgIpc) is 2.56. The van der Waals surface area contributed by atoms with E-state index in [2.05, 4.69) is 22.4 Å². The van der Waals surface area contributed by atoms with Crippen LogP contribution >= 0.6 is 0 Å². The van der Waals surface area contributed by atoms with Crippen molar-refractivity contribution >= 4 is 5.96 Å². The van der Waals surface area contributed by atoms with E-state index in [4.69, 9.17) is 10.8 Å². The molecule has 0 bridgehead atoms. The molecule has 0 aromatic heterocycles.